The number of aryl methyl sites for hydroxylation is 4. The number of rotatable bonds is 3. The summed E-state index contributed by atoms with van der Waals surface area (Å²) in [5, 5.41) is 3.33. The molecule has 0 aliphatic carbocycles. The summed E-state index contributed by atoms with van der Waals surface area (Å²) in [5.74, 6) is 0.409. The molecule has 3 aromatic rings. The molecule has 0 unspecified atom stereocenters. The highest BCUT2D eigenvalue weighted by atomic mass is 16.2. The van der Waals surface area contributed by atoms with Gasteiger partial charge in [0.15, 0.2) is 0 Å². The highest BCUT2D eigenvalue weighted by Gasteiger charge is 2.23. The van der Waals surface area contributed by atoms with Gasteiger partial charge in [-0.15, -0.1) is 0 Å². The summed E-state index contributed by atoms with van der Waals surface area (Å²) in [5.41, 5.74) is 8.21. The molecule has 2 heterocycles. The number of benzene rings is 2. The maximum Gasteiger partial charge on any atom is 0.272 e. The van der Waals surface area contributed by atoms with Crippen molar-refractivity contribution in [2.75, 3.05) is 11.9 Å². The molecule has 5 heteroatoms. The van der Waals surface area contributed by atoms with E-state index in [0.29, 0.717) is 24.7 Å². The van der Waals surface area contributed by atoms with E-state index in [1.54, 1.807) is 6.07 Å². The molecule has 5 nitrogen and oxygen atoms in total. The summed E-state index contributed by atoms with van der Waals surface area (Å²) in [6.07, 6.45) is 0.874. The molecular weight excluding hydrogens is 360 g/mol. The van der Waals surface area contributed by atoms with Crippen molar-refractivity contribution in [3.63, 3.8) is 0 Å². The number of carbonyl (C=O) groups excluding carboxylic acids is 1. The number of nitrogens with one attached hydrogen (secondary N) is 1. The first-order valence-corrected chi connectivity index (χ1v) is 9.97. The first kappa shape index (κ1) is 19.1. The maximum atomic E-state index is 13.2. The molecule has 29 heavy (non-hydrogen) atoms. The molecule has 0 radical (unpaired) electrons. The van der Waals surface area contributed by atoms with Crippen LogP contribution in [0.5, 0.6) is 0 Å². The Bertz CT molecular complexity index is 1070. The van der Waals surface area contributed by atoms with Crippen molar-refractivity contribution in [1.82, 2.24) is 14.9 Å². The second kappa shape index (κ2) is 7.66. The number of nitrogens with zero attached hydrogens (tertiary/aromatic N) is 3. The fourth-order valence-corrected chi connectivity index (χ4v) is 4.05. The zero-order chi connectivity index (χ0) is 20.5. The molecule has 0 bridgehead atoms. The molecule has 1 aromatic heterocycles. The van der Waals surface area contributed by atoms with Crippen LogP contribution in [-0.4, -0.2) is 27.3 Å². The van der Waals surface area contributed by atoms with Gasteiger partial charge in [-0.25, -0.2) is 9.97 Å². The Balaban J connectivity index is 1.60. The summed E-state index contributed by atoms with van der Waals surface area (Å²) in [6, 6.07) is 14.3. The second-order valence-electron chi connectivity index (χ2n) is 7.86. The zero-order valence-electron chi connectivity index (χ0n) is 17.4. The first-order valence-electron chi connectivity index (χ1n) is 9.97. The monoisotopic (exact) mass is 386 g/mol. The Kier molecular flexibility index (Phi) is 5.05. The highest BCUT2D eigenvalue weighted by Crippen LogP contribution is 2.25. The summed E-state index contributed by atoms with van der Waals surface area (Å²) < 4.78 is 0. The van der Waals surface area contributed by atoms with Gasteiger partial charge in [0.25, 0.3) is 5.91 Å². The molecule has 1 aliphatic rings. The Morgan fingerprint density at radius 1 is 0.966 bits per heavy atom. The molecule has 0 saturated heterocycles. The number of aromatic nitrogens is 2. The molecule has 0 spiro atoms. The summed E-state index contributed by atoms with van der Waals surface area (Å²) in [7, 11) is 0. The average Bonchev–Trinajstić information content (AvgIpc) is 2.69. The lowest BCUT2D eigenvalue weighted by atomic mass is 10.00. The van der Waals surface area contributed by atoms with Crippen LogP contribution in [-0.2, 0) is 13.0 Å². The molecule has 2 aromatic carbocycles. The van der Waals surface area contributed by atoms with Crippen LogP contribution in [0, 0.1) is 27.7 Å². The van der Waals surface area contributed by atoms with Gasteiger partial charge < -0.3 is 10.2 Å². The molecule has 1 aliphatic heterocycles. The van der Waals surface area contributed by atoms with Crippen molar-refractivity contribution in [2.45, 2.75) is 40.7 Å². The number of fused-ring (bicyclic) bond motifs is 1. The fourth-order valence-electron chi connectivity index (χ4n) is 4.05. The Labute approximate surface area is 171 Å². The van der Waals surface area contributed by atoms with Crippen molar-refractivity contribution in [3.8, 4) is 0 Å². The van der Waals surface area contributed by atoms with E-state index in [9.17, 15) is 4.79 Å². The summed E-state index contributed by atoms with van der Waals surface area (Å²) in [6.45, 7) is 9.43. The third kappa shape index (κ3) is 3.99. The molecule has 0 fully saturated rings. The predicted octanol–water partition coefficient (Wildman–Crippen LogP) is 4.65. The van der Waals surface area contributed by atoms with E-state index in [1.165, 1.54) is 16.7 Å². The van der Waals surface area contributed by atoms with Gasteiger partial charge in [0.2, 0.25) is 5.95 Å². The molecule has 1 amide bonds. The van der Waals surface area contributed by atoms with Gasteiger partial charge in [0.05, 0.1) is 0 Å². The van der Waals surface area contributed by atoms with Crippen molar-refractivity contribution < 1.29 is 4.79 Å². The summed E-state index contributed by atoms with van der Waals surface area (Å²) >= 11 is 0. The Hall–Kier alpha value is -3.21. The minimum Gasteiger partial charge on any atom is -0.333 e. The number of anilines is 2. The predicted molar refractivity (Wildman–Crippen MR) is 116 cm³/mol. The van der Waals surface area contributed by atoms with Crippen molar-refractivity contribution in [1.29, 1.82) is 0 Å². The normalized spacial score (nSPS) is 13.2. The molecular formula is C24H26N4O. The van der Waals surface area contributed by atoms with E-state index in [0.717, 1.165) is 28.9 Å². The highest BCUT2D eigenvalue weighted by molar-refractivity contribution is 5.93. The Morgan fingerprint density at radius 2 is 1.66 bits per heavy atom. The van der Waals surface area contributed by atoms with Crippen LogP contribution in [0.15, 0.2) is 42.5 Å². The number of carbonyl (C=O) groups is 1. The van der Waals surface area contributed by atoms with Crippen LogP contribution >= 0.6 is 0 Å². The van der Waals surface area contributed by atoms with Gasteiger partial charge >= 0.3 is 0 Å². The van der Waals surface area contributed by atoms with Crippen LogP contribution in [0.4, 0.5) is 11.6 Å². The third-order valence-corrected chi connectivity index (χ3v) is 5.41. The second-order valence-corrected chi connectivity index (χ2v) is 7.86. The van der Waals surface area contributed by atoms with Gasteiger partial charge in [-0.1, -0.05) is 42.0 Å². The van der Waals surface area contributed by atoms with Crippen molar-refractivity contribution >= 4 is 17.5 Å². The lowest BCUT2D eigenvalue weighted by Gasteiger charge is -2.28. The molecule has 148 valence electrons. The third-order valence-electron chi connectivity index (χ3n) is 5.41. The van der Waals surface area contributed by atoms with E-state index >= 15 is 0 Å². The first-order chi connectivity index (χ1) is 13.9. The number of amides is 1. The number of hydrogen-bond donors (Lipinski definition) is 1. The van der Waals surface area contributed by atoms with Crippen molar-refractivity contribution in [2.24, 2.45) is 0 Å². The van der Waals surface area contributed by atoms with E-state index in [4.69, 9.17) is 0 Å². The minimum absolute atomic E-state index is 0.0506. The topological polar surface area (TPSA) is 58.1 Å². The van der Waals surface area contributed by atoms with Gasteiger partial charge in [0.1, 0.15) is 5.69 Å². The minimum atomic E-state index is -0.0506. The van der Waals surface area contributed by atoms with E-state index in [1.807, 2.05) is 17.9 Å². The van der Waals surface area contributed by atoms with Gasteiger partial charge in [-0.2, -0.15) is 0 Å². The molecule has 4 rings (SSSR count). The lowest BCUT2D eigenvalue weighted by Crippen LogP contribution is -2.36. The fraction of sp³-hybridized carbons (Fsp3) is 0.292. The van der Waals surface area contributed by atoms with Crippen LogP contribution < -0.4 is 5.32 Å². The van der Waals surface area contributed by atoms with E-state index < -0.39 is 0 Å². The van der Waals surface area contributed by atoms with Crippen LogP contribution in [0.2, 0.25) is 0 Å². The van der Waals surface area contributed by atoms with E-state index in [-0.39, 0.29) is 5.91 Å². The molecule has 0 atom stereocenters. The van der Waals surface area contributed by atoms with Gasteiger partial charge in [-0.05, 0) is 62.4 Å². The van der Waals surface area contributed by atoms with Gasteiger partial charge in [-0.3, -0.25) is 4.79 Å². The number of hydrogen-bond acceptors (Lipinski definition) is 4. The van der Waals surface area contributed by atoms with Crippen LogP contribution in [0.25, 0.3) is 0 Å². The summed E-state index contributed by atoms with van der Waals surface area (Å²) in [4.78, 5) is 24.1. The zero-order valence-corrected chi connectivity index (χ0v) is 17.4. The lowest BCUT2D eigenvalue weighted by molar-refractivity contribution is 0.0728. The van der Waals surface area contributed by atoms with Crippen LogP contribution in [0.3, 0.4) is 0 Å². The van der Waals surface area contributed by atoms with Gasteiger partial charge in [0, 0.05) is 24.5 Å². The maximum absolute atomic E-state index is 13.2. The quantitative estimate of drug-likeness (QED) is 0.712. The molecule has 0 saturated carbocycles. The standard InChI is InChI=1S/C24H26N4O/c1-15-11-16(2)22(17(3)12-15)27-24-25-18(4)13-21(26-24)23(29)28-10-9-19-7-5-6-8-20(19)14-28/h5-8,11-13H,9-10,14H2,1-4H3,(H,25,26,27). The average molecular weight is 386 g/mol. The molecule has 1 N–H and O–H groups in total. The van der Waals surface area contributed by atoms with E-state index in [2.05, 4.69) is 66.4 Å². The SMILES string of the molecule is Cc1cc(C)c(Nc2nc(C)cc(C(=O)N3CCc4ccccc4C3)n2)c(C)c1. The smallest absolute Gasteiger partial charge is 0.272 e. The largest absolute Gasteiger partial charge is 0.333 e. The van der Waals surface area contributed by atoms with Crippen LogP contribution in [0.1, 0.15) is 44.0 Å². The van der Waals surface area contributed by atoms with Crippen molar-refractivity contribution in [3.05, 3.63) is 81.7 Å². The Morgan fingerprint density at radius 3 is 2.38 bits per heavy atom.